The predicted molar refractivity (Wildman–Crippen MR) is 526 cm³/mol. The topological polar surface area (TPSA) is 361 Å². The molecule has 0 aliphatic rings. The number of aliphatic hydroxyl groups is 3. The van der Waals surface area contributed by atoms with Crippen molar-refractivity contribution < 1.29 is 105 Å². The van der Waals surface area contributed by atoms with Crippen molar-refractivity contribution in [1.82, 2.24) is 21.3 Å². The van der Waals surface area contributed by atoms with E-state index in [0.29, 0.717) is 83.5 Å². The van der Waals surface area contributed by atoms with Gasteiger partial charge in [-0.1, -0.05) is 297 Å². The van der Waals surface area contributed by atoms with Gasteiger partial charge in [0.15, 0.2) is 12.6 Å². The van der Waals surface area contributed by atoms with E-state index < -0.39 is 109 Å². The average molecular weight is 1890 g/mol. The lowest BCUT2D eigenvalue weighted by molar-refractivity contribution is -0.152. The molecule has 3 amide bonds. The van der Waals surface area contributed by atoms with Gasteiger partial charge in [-0.3, -0.25) is 47.4 Å². The molecule has 0 aliphatic carbocycles. The molecule has 0 aliphatic heterocycles. The standard InChI is InChI=1S/C102H194N4O22P2/c1-9-17-25-33-37-41-45-53-61-69-99(111)125-91(65-57-49-29-21-13-5)75-79-119-85-89(105-97(109)83-93(67-59-51-31-23-15-7)127-101(113)71-63-55-47-43-39-35-27-19-11-3)87-123-129(115,116)121-81-77-103-95(107)73-74-96(108)104-78-82-122-130(117,118)124-88-90(86-120-80-76-92(66-58-50-30-22-14-6)126-100(112)70-62-54-46-42-38-34-26-18-10-2)106-98(110)84-94(68-60-52-32-24-16-8)128-102(114)72-64-56-48-44-40-36-28-20-12-4/h41-48,89-94,97,101-102,105,109,113-114H,9-40,49-88H2,1-8H3,(H,103,107)(H,104,108)(H,106,110)(H,115,116)(H,117,118)/t89?,90?,91?,92?,93-,94-,97?,101?,102?/m1/s1. The number of hydrogen-bond donors (Lipinski definition) is 9. The Morgan fingerprint density at radius 3 is 0.985 bits per heavy atom. The van der Waals surface area contributed by atoms with Gasteiger partial charge in [-0.05, 0) is 154 Å². The number of phosphoric ester groups is 2. The van der Waals surface area contributed by atoms with Crippen LogP contribution in [0, 0.1) is 0 Å². The van der Waals surface area contributed by atoms with E-state index in [4.69, 9.17) is 46.5 Å². The smallest absolute Gasteiger partial charge is 0.462 e. The predicted octanol–water partition coefficient (Wildman–Crippen LogP) is 24.1. The lowest BCUT2D eigenvalue weighted by atomic mass is 10.0. The van der Waals surface area contributed by atoms with E-state index in [2.05, 4.69) is 125 Å². The molecule has 9 N–H and O–H groups in total. The molecule has 0 saturated carbocycles. The molecule has 130 heavy (non-hydrogen) atoms. The molecular formula is C102H194N4O22P2. The van der Waals surface area contributed by atoms with E-state index in [0.717, 1.165) is 212 Å². The number of aliphatic hydroxyl groups excluding tert-OH is 3. The lowest BCUT2D eigenvalue weighted by Gasteiger charge is -2.28. The van der Waals surface area contributed by atoms with Crippen LogP contribution in [0.4, 0.5) is 0 Å². The van der Waals surface area contributed by atoms with Crippen molar-refractivity contribution in [3.8, 4) is 0 Å². The molecule has 11 atom stereocenters. The summed E-state index contributed by atoms with van der Waals surface area (Å²) in [4.78, 5) is 88.3. The minimum absolute atomic E-state index is 0.0883. The van der Waals surface area contributed by atoms with Gasteiger partial charge in [0.25, 0.3) is 0 Å². The van der Waals surface area contributed by atoms with Crippen molar-refractivity contribution in [2.24, 2.45) is 0 Å². The summed E-state index contributed by atoms with van der Waals surface area (Å²) in [7, 11) is -9.64. The number of ether oxygens (including phenoxy) is 6. The summed E-state index contributed by atoms with van der Waals surface area (Å²) in [6.07, 6.45) is 65.9. The number of amides is 3. The van der Waals surface area contributed by atoms with Crippen molar-refractivity contribution in [3.63, 3.8) is 0 Å². The fourth-order valence-electron chi connectivity index (χ4n) is 15.0. The molecule has 9 unspecified atom stereocenters. The Balaban J connectivity index is 6.22. The monoisotopic (exact) mass is 1890 g/mol. The van der Waals surface area contributed by atoms with Crippen LogP contribution in [0.25, 0.3) is 0 Å². The molecule has 0 radical (unpaired) electrons. The molecule has 764 valence electrons. The molecule has 0 rings (SSSR count). The SMILES string of the molecule is CCCCCCC=CCCCC(=O)OC(CCCCCCC)CCOCC(COP(=O)(O)OCCNC(=O)CCC(=O)NCCOP(=O)(O)OCC(COCCC(CCCCCCC)OC(=O)CCCC=CCCCCCC)NC(O)C[C@@H](CCCCCCC)OC(O)CCCC=CCCCCCC)NC(=O)C[C@@H](CCCCCCC)OC(O)CCCC=CCCCCCC. The maximum Gasteiger partial charge on any atom is 0.472 e. The number of carbonyl (C=O) groups excluding carboxylic acids is 5. The minimum Gasteiger partial charge on any atom is -0.462 e. The first-order valence-corrected chi connectivity index (χ1v) is 55.4. The summed E-state index contributed by atoms with van der Waals surface area (Å²) in [5.41, 5.74) is 0. The number of esters is 2. The van der Waals surface area contributed by atoms with Gasteiger partial charge in [0.2, 0.25) is 17.7 Å². The number of carbonyl (C=O) groups is 5. The Labute approximate surface area is 790 Å². The number of phosphoric acid groups is 2. The average Bonchev–Trinajstić information content (AvgIpc) is 0.905. The normalized spacial score (nSPS) is 15.1. The second kappa shape index (κ2) is 92.9. The van der Waals surface area contributed by atoms with Crippen LogP contribution in [0.15, 0.2) is 48.6 Å². The zero-order valence-corrected chi connectivity index (χ0v) is 85.1. The van der Waals surface area contributed by atoms with Gasteiger partial charge < -0.3 is 69.5 Å². The number of rotatable bonds is 100. The molecule has 0 aromatic rings. The van der Waals surface area contributed by atoms with Crippen LogP contribution in [-0.4, -0.2) is 176 Å². The van der Waals surface area contributed by atoms with Gasteiger partial charge in [0.05, 0.1) is 83.6 Å². The van der Waals surface area contributed by atoms with Crippen LogP contribution in [0.5, 0.6) is 0 Å². The summed E-state index contributed by atoms with van der Waals surface area (Å²) in [5.74, 6) is -2.13. The quantitative estimate of drug-likeness (QED) is 0.00898. The summed E-state index contributed by atoms with van der Waals surface area (Å²) in [5, 5.41) is 45.0. The van der Waals surface area contributed by atoms with E-state index >= 15 is 0 Å². The van der Waals surface area contributed by atoms with Gasteiger partial charge in [0.1, 0.15) is 18.4 Å². The Bertz CT molecular complexity index is 2830. The van der Waals surface area contributed by atoms with Crippen LogP contribution < -0.4 is 21.3 Å². The second-order valence-electron chi connectivity index (χ2n) is 35.6. The third-order valence-electron chi connectivity index (χ3n) is 22.8. The number of allylic oxidation sites excluding steroid dienone is 8. The zero-order valence-electron chi connectivity index (χ0n) is 83.3. The fraction of sp³-hybridized carbons (Fsp3) is 0.873. The third-order valence-corrected chi connectivity index (χ3v) is 24.8. The van der Waals surface area contributed by atoms with Crippen molar-refractivity contribution >= 4 is 45.3 Å². The first-order valence-electron chi connectivity index (χ1n) is 52.4. The molecular weight excluding hydrogens is 1700 g/mol. The zero-order chi connectivity index (χ0) is 95.6. The molecule has 0 aromatic heterocycles. The number of unbranched alkanes of at least 4 members (excludes halogenated alkanes) is 36. The number of hydrogen-bond acceptors (Lipinski definition) is 21. The van der Waals surface area contributed by atoms with Crippen molar-refractivity contribution in [2.75, 3.05) is 65.9 Å². The van der Waals surface area contributed by atoms with Crippen molar-refractivity contribution in [1.29, 1.82) is 0 Å². The van der Waals surface area contributed by atoms with E-state index in [9.17, 15) is 58.2 Å². The van der Waals surface area contributed by atoms with Crippen LogP contribution >= 0.6 is 15.6 Å². The van der Waals surface area contributed by atoms with Crippen LogP contribution in [0.2, 0.25) is 0 Å². The van der Waals surface area contributed by atoms with E-state index in [1.165, 1.54) is 77.0 Å². The number of nitrogens with one attached hydrogen (secondary N) is 4. The van der Waals surface area contributed by atoms with E-state index in [-0.39, 0.29) is 83.2 Å². The Hall–Kier alpha value is -3.79. The minimum atomic E-state index is -4.83. The summed E-state index contributed by atoms with van der Waals surface area (Å²) in [6.45, 7) is 15.1. The van der Waals surface area contributed by atoms with Crippen LogP contribution in [0.3, 0.4) is 0 Å². The summed E-state index contributed by atoms with van der Waals surface area (Å²) < 4.78 is 85.3. The molecule has 0 fully saturated rings. The van der Waals surface area contributed by atoms with Gasteiger partial charge in [-0.25, -0.2) is 9.13 Å². The largest absolute Gasteiger partial charge is 0.472 e. The van der Waals surface area contributed by atoms with Crippen molar-refractivity contribution in [2.45, 2.75) is 509 Å². The highest BCUT2D eigenvalue weighted by Gasteiger charge is 2.30. The van der Waals surface area contributed by atoms with Crippen LogP contribution in [-0.2, 0) is 79.6 Å². The Morgan fingerprint density at radius 2 is 0.615 bits per heavy atom. The summed E-state index contributed by atoms with van der Waals surface area (Å²) in [6, 6.07) is -1.84. The van der Waals surface area contributed by atoms with Gasteiger partial charge in [-0.15, -0.1) is 0 Å². The first kappa shape index (κ1) is 126. The molecule has 28 heteroatoms. The Kier molecular flexibility index (Phi) is 90.2. The second-order valence-corrected chi connectivity index (χ2v) is 38.5. The molecule has 0 heterocycles. The van der Waals surface area contributed by atoms with Crippen LogP contribution in [0.1, 0.15) is 453 Å². The van der Waals surface area contributed by atoms with E-state index in [1.54, 1.807) is 0 Å². The Morgan fingerprint density at radius 1 is 0.308 bits per heavy atom. The highest BCUT2D eigenvalue weighted by atomic mass is 31.2. The lowest BCUT2D eigenvalue weighted by Crippen LogP contribution is -2.45. The fourth-order valence-corrected chi connectivity index (χ4v) is 16.5. The third kappa shape index (κ3) is 87.0. The van der Waals surface area contributed by atoms with Gasteiger partial charge in [-0.2, -0.15) is 0 Å². The summed E-state index contributed by atoms with van der Waals surface area (Å²) >= 11 is 0. The molecule has 26 nitrogen and oxygen atoms in total. The first-order chi connectivity index (χ1) is 63.1. The highest BCUT2D eigenvalue weighted by molar-refractivity contribution is 7.47. The van der Waals surface area contributed by atoms with Gasteiger partial charge >= 0.3 is 27.6 Å². The van der Waals surface area contributed by atoms with Crippen molar-refractivity contribution in [3.05, 3.63) is 48.6 Å². The highest BCUT2D eigenvalue weighted by Crippen LogP contribution is 2.44. The molecule has 0 saturated heterocycles. The van der Waals surface area contributed by atoms with E-state index in [1.807, 2.05) is 0 Å². The molecule has 0 bridgehead atoms. The van der Waals surface area contributed by atoms with Gasteiger partial charge in [0, 0.05) is 58.0 Å². The maximum absolute atomic E-state index is 14.0. The molecule has 0 spiro atoms. The maximum atomic E-state index is 14.0. The molecule has 0 aromatic carbocycles.